The van der Waals surface area contributed by atoms with Crippen LogP contribution in [0.5, 0.6) is 0 Å². The zero-order chi connectivity index (χ0) is 14.4. The van der Waals surface area contributed by atoms with E-state index in [0.29, 0.717) is 12.1 Å². The Kier molecular flexibility index (Phi) is 6.43. The smallest absolute Gasteiger partial charge is 0.0762 e. The van der Waals surface area contributed by atoms with Gasteiger partial charge in [-0.2, -0.15) is 16.9 Å². The molecule has 1 N–H and O–H groups in total. The molecule has 0 atom stereocenters. The summed E-state index contributed by atoms with van der Waals surface area (Å²) in [7, 11) is 0. The fourth-order valence-electron chi connectivity index (χ4n) is 3.09. The van der Waals surface area contributed by atoms with E-state index in [0.717, 1.165) is 24.6 Å². The molecule has 1 aromatic heterocycles. The molecule has 0 aromatic carbocycles. The summed E-state index contributed by atoms with van der Waals surface area (Å²) < 4.78 is 2.14. The Morgan fingerprint density at radius 3 is 2.60 bits per heavy atom. The van der Waals surface area contributed by atoms with Crippen molar-refractivity contribution in [2.45, 2.75) is 76.3 Å². The maximum Gasteiger partial charge on any atom is 0.0762 e. The quantitative estimate of drug-likeness (QED) is 0.824. The summed E-state index contributed by atoms with van der Waals surface area (Å²) in [4.78, 5) is 0. The molecule has 3 nitrogen and oxygen atoms in total. The fourth-order valence-corrected chi connectivity index (χ4v) is 3.83. The van der Waals surface area contributed by atoms with Crippen LogP contribution in [0.4, 0.5) is 0 Å². The van der Waals surface area contributed by atoms with E-state index in [1.54, 1.807) is 0 Å². The van der Waals surface area contributed by atoms with Gasteiger partial charge < -0.3 is 5.32 Å². The zero-order valence-corrected chi connectivity index (χ0v) is 14.0. The van der Waals surface area contributed by atoms with Crippen LogP contribution in [0.3, 0.4) is 0 Å². The summed E-state index contributed by atoms with van der Waals surface area (Å²) in [5.41, 5.74) is 1.18. The van der Waals surface area contributed by atoms with Crippen molar-refractivity contribution < 1.29 is 0 Å². The Bertz CT molecular complexity index is 379. The minimum atomic E-state index is 0.556. The van der Waals surface area contributed by atoms with Crippen LogP contribution in [0.2, 0.25) is 0 Å². The van der Waals surface area contributed by atoms with Gasteiger partial charge >= 0.3 is 0 Å². The van der Waals surface area contributed by atoms with Gasteiger partial charge in [-0.25, -0.2) is 0 Å². The normalized spacial score (nSPS) is 23.4. The van der Waals surface area contributed by atoms with Crippen molar-refractivity contribution in [1.82, 2.24) is 15.1 Å². The first-order valence-corrected chi connectivity index (χ1v) is 9.35. The van der Waals surface area contributed by atoms with Gasteiger partial charge in [0.15, 0.2) is 0 Å². The largest absolute Gasteiger partial charge is 0.308 e. The molecule has 0 bridgehead atoms. The van der Waals surface area contributed by atoms with Gasteiger partial charge in [0.2, 0.25) is 0 Å². The van der Waals surface area contributed by atoms with Crippen LogP contribution in [-0.4, -0.2) is 27.3 Å². The summed E-state index contributed by atoms with van der Waals surface area (Å²) in [6, 6.07) is 3.41. The van der Waals surface area contributed by atoms with Crippen LogP contribution in [0.25, 0.3) is 0 Å². The van der Waals surface area contributed by atoms with Crippen molar-refractivity contribution in [3.05, 3.63) is 18.0 Å². The summed E-state index contributed by atoms with van der Waals surface area (Å²) in [6.07, 6.45) is 12.1. The number of hydrogen-bond acceptors (Lipinski definition) is 3. The van der Waals surface area contributed by atoms with Crippen LogP contribution in [0.1, 0.15) is 64.1 Å². The molecule has 20 heavy (non-hydrogen) atoms. The van der Waals surface area contributed by atoms with E-state index >= 15 is 0 Å². The average Bonchev–Trinajstić information content (AvgIpc) is 2.96. The summed E-state index contributed by atoms with van der Waals surface area (Å²) in [5.74, 6) is 0. The highest BCUT2D eigenvalue weighted by Crippen LogP contribution is 2.26. The molecule has 4 heteroatoms. The highest BCUT2D eigenvalue weighted by atomic mass is 32.2. The highest BCUT2D eigenvalue weighted by Gasteiger charge is 2.20. The third-order valence-corrected chi connectivity index (χ3v) is 5.70. The van der Waals surface area contributed by atoms with Crippen molar-refractivity contribution >= 4 is 11.8 Å². The van der Waals surface area contributed by atoms with Crippen molar-refractivity contribution in [3.63, 3.8) is 0 Å². The molecule has 1 aliphatic rings. The van der Waals surface area contributed by atoms with Crippen molar-refractivity contribution in [2.24, 2.45) is 0 Å². The highest BCUT2D eigenvalue weighted by molar-refractivity contribution is 7.99. The molecule has 1 aromatic rings. The molecule has 0 aliphatic heterocycles. The lowest BCUT2D eigenvalue weighted by Gasteiger charge is -2.27. The van der Waals surface area contributed by atoms with E-state index < -0.39 is 0 Å². The lowest BCUT2D eigenvalue weighted by Crippen LogP contribution is -2.33. The number of hydrogen-bond donors (Lipinski definition) is 1. The van der Waals surface area contributed by atoms with Crippen molar-refractivity contribution in [1.29, 1.82) is 0 Å². The molecule has 2 rings (SSSR count). The van der Waals surface area contributed by atoms with E-state index in [9.17, 15) is 0 Å². The van der Waals surface area contributed by atoms with Crippen LogP contribution >= 0.6 is 11.8 Å². The van der Waals surface area contributed by atoms with Gasteiger partial charge in [0.25, 0.3) is 0 Å². The number of rotatable bonds is 7. The maximum atomic E-state index is 4.72. The Morgan fingerprint density at radius 1 is 1.30 bits per heavy atom. The van der Waals surface area contributed by atoms with Gasteiger partial charge in [-0.15, -0.1) is 0 Å². The number of thioether (sulfide) groups is 1. The van der Waals surface area contributed by atoms with E-state index in [1.807, 2.05) is 11.8 Å². The first-order chi connectivity index (χ1) is 9.76. The first kappa shape index (κ1) is 15.9. The molecule has 0 unspecified atom stereocenters. The van der Waals surface area contributed by atoms with Gasteiger partial charge in [0.1, 0.15) is 0 Å². The summed E-state index contributed by atoms with van der Waals surface area (Å²) >= 11 is 2.03. The molecule has 1 heterocycles. The molecule has 1 fully saturated rings. The summed E-state index contributed by atoms with van der Waals surface area (Å²) in [6.45, 7) is 5.39. The predicted octanol–water partition coefficient (Wildman–Crippen LogP) is 4.01. The second-order valence-electron chi connectivity index (χ2n) is 5.85. The topological polar surface area (TPSA) is 29.9 Å². The maximum absolute atomic E-state index is 4.72. The SMILES string of the molecule is CCC(CC)n1ccc(CNC2CCC(SC)CC2)n1. The lowest BCUT2D eigenvalue weighted by molar-refractivity contribution is 0.374. The van der Waals surface area contributed by atoms with E-state index in [-0.39, 0.29) is 0 Å². The van der Waals surface area contributed by atoms with Crippen LogP contribution < -0.4 is 5.32 Å². The van der Waals surface area contributed by atoms with E-state index in [4.69, 9.17) is 5.10 Å². The van der Waals surface area contributed by atoms with Crippen molar-refractivity contribution in [3.8, 4) is 0 Å². The van der Waals surface area contributed by atoms with E-state index in [2.05, 4.69) is 42.4 Å². The molecular weight excluding hydrogens is 266 g/mol. The minimum absolute atomic E-state index is 0.556. The Balaban J connectivity index is 1.77. The zero-order valence-electron chi connectivity index (χ0n) is 13.1. The lowest BCUT2D eigenvalue weighted by atomic mass is 9.95. The fraction of sp³-hybridized carbons (Fsp3) is 0.812. The molecular formula is C16H29N3S. The predicted molar refractivity (Wildman–Crippen MR) is 88.2 cm³/mol. The molecule has 0 amide bonds. The molecule has 114 valence electrons. The van der Waals surface area contributed by atoms with Gasteiger partial charge in [-0.3, -0.25) is 4.68 Å². The number of nitrogens with one attached hydrogen (secondary N) is 1. The van der Waals surface area contributed by atoms with Gasteiger partial charge in [0.05, 0.1) is 11.7 Å². The van der Waals surface area contributed by atoms with Crippen LogP contribution in [0, 0.1) is 0 Å². The van der Waals surface area contributed by atoms with Gasteiger partial charge in [-0.05, 0) is 50.8 Å². The average molecular weight is 295 g/mol. The molecule has 1 saturated carbocycles. The first-order valence-electron chi connectivity index (χ1n) is 8.07. The molecule has 1 aliphatic carbocycles. The van der Waals surface area contributed by atoms with Crippen LogP contribution in [0.15, 0.2) is 12.3 Å². The molecule has 0 radical (unpaired) electrons. The van der Waals surface area contributed by atoms with Gasteiger partial charge in [-0.1, -0.05) is 13.8 Å². The van der Waals surface area contributed by atoms with Crippen LogP contribution in [-0.2, 0) is 6.54 Å². The third kappa shape index (κ3) is 4.26. The Labute approximate surface area is 127 Å². The Morgan fingerprint density at radius 2 is 2.00 bits per heavy atom. The summed E-state index contributed by atoms with van der Waals surface area (Å²) in [5, 5.41) is 9.29. The number of aromatic nitrogens is 2. The third-order valence-electron chi connectivity index (χ3n) is 4.56. The van der Waals surface area contributed by atoms with Gasteiger partial charge in [0, 0.05) is 24.0 Å². The second kappa shape index (κ2) is 8.08. The number of nitrogens with zero attached hydrogens (tertiary/aromatic N) is 2. The van der Waals surface area contributed by atoms with Crippen molar-refractivity contribution in [2.75, 3.05) is 6.26 Å². The monoisotopic (exact) mass is 295 g/mol. The molecule has 0 spiro atoms. The minimum Gasteiger partial charge on any atom is -0.308 e. The second-order valence-corrected chi connectivity index (χ2v) is 6.99. The van der Waals surface area contributed by atoms with E-state index in [1.165, 1.54) is 31.4 Å². The Hall–Kier alpha value is -0.480. The standard InChI is InChI=1S/C16H29N3S/c1-4-15(5-2)19-11-10-14(18-19)12-17-13-6-8-16(20-3)9-7-13/h10-11,13,15-17H,4-9,12H2,1-3H3. The molecule has 0 saturated heterocycles.